The predicted molar refractivity (Wildman–Crippen MR) is 41.2 cm³/mol. The van der Waals surface area contributed by atoms with Crippen LogP contribution in [0.1, 0.15) is 19.5 Å². The Balaban J connectivity index is 0.000000371. The highest BCUT2D eigenvalue weighted by molar-refractivity contribution is 7.71. The monoisotopic (exact) mass is 161 g/mol. The smallest absolute Gasteiger partial charge is 0.266 e. The molecule has 4 heteroatoms. The lowest BCUT2D eigenvalue weighted by molar-refractivity contribution is 0.276. The standard InChI is InChI=1S/C4H5NO2S.C2H6/c6-1-3-2-7-4(8)5-3;1-2/h2,6H,1H2,(H,5,8);1-2H3. The zero-order valence-electron chi connectivity index (χ0n) is 6.05. The van der Waals surface area contributed by atoms with Crippen LogP contribution in [0.25, 0.3) is 0 Å². The van der Waals surface area contributed by atoms with E-state index in [0.29, 0.717) is 10.5 Å². The van der Waals surface area contributed by atoms with Crippen LogP contribution in [-0.4, -0.2) is 10.1 Å². The van der Waals surface area contributed by atoms with E-state index >= 15 is 0 Å². The highest BCUT2D eigenvalue weighted by Crippen LogP contribution is 1.94. The lowest BCUT2D eigenvalue weighted by atomic mass is 10.5. The van der Waals surface area contributed by atoms with Crippen LogP contribution in [0.5, 0.6) is 0 Å². The molecule has 0 amide bonds. The van der Waals surface area contributed by atoms with Gasteiger partial charge in [0.05, 0.1) is 12.3 Å². The zero-order chi connectivity index (χ0) is 7.98. The molecule has 0 radical (unpaired) electrons. The molecule has 0 bridgehead atoms. The average Bonchev–Trinajstić information content (AvgIpc) is 2.40. The summed E-state index contributed by atoms with van der Waals surface area (Å²) < 4.78 is 4.65. The second-order valence-electron chi connectivity index (χ2n) is 1.33. The van der Waals surface area contributed by atoms with Crippen molar-refractivity contribution in [1.82, 2.24) is 4.98 Å². The van der Waals surface area contributed by atoms with Gasteiger partial charge in [-0.05, 0) is 12.2 Å². The van der Waals surface area contributed by atoms with Crippen LogP contribution in [-0.2, 0) is 6.61 Å². The van der Waals surface area contributed by atoms with Crippen molar-refractivity contribution in [3.8, 4) is 0 Å². The van der Waals surface area contributed by atoms with Gasteiger partial charge in [0.15, 0.2) is 0 Å². The Bertz CT molecular complexity index is 216. The molecular formula is C6H11NO2S. The Morgan fingerprint density at radius 2 is 2.30 bits per heavy atom. The van der Waals surface area contributed by atoms with E-state index in [1.165, 1.54) is 6.26 Å². The Labute approximate surface area is 64.7 Å². The molecule has 0 spiro atoms. The molecule has 1 aromatic heterocycles. The molecule has 0 fully saturated rings. The maximum Gasteiger partial charge on any atom is 0.266 e. The van der Waals surface area contributed by atoms with Gasteiger partial charge < -0.3 is 14.5 Å². The second kappa shape index (κ2) is 5.20. The van der Waals surface area contributed by atoms with Crippen molar-refractivity contribution in [2.75, 3.05) is 0 Å². The van der Waals surface area contributed by atoms with Crippen molar-refractivity contribution in [2.45, 2.75) is 20.5 Å². The summed E-state index contributed by atoms with van der Waals surface area (Å²) in [4.78, 5) is 2.92. The van der Waals surface area contributed by atoms with Gasteiger partial charge >= 0.3 is 0 Å². The molecule has 1 rings (SSSR count). The lowest BCUT2D eigenvalue weighted by Gasteiger charge is -1.77. The first kappa shape index (κ1) is 9.39. The third-order valence-electron chi connectivity index (χ3n) is 0.741. The van der Waals surface area contributed by atoms with E-state index in [0.717, 1.165) is 0 Å². The van der Waals surface area contributed by atoms with Gasteiger partial charge in [-0.3, -0.25) is 0 Å². The lowest BCUT2D eigenvalue weighted by Crippen LogP contribution is -1.78. The Hall–Kier alpha value is -0.610. The summed E-state index contributed by atoms with van der Waals surface area (Å²) in [7, 11) is 0. The molecule has 2 N–H and O–H groups in total. The Kier molecular flexibility index (Phi) is 4.88. The number of aromatic amines is 1. The van der Waals surface area contributed by atoms with Gasteiger partial charge in [0, 0.05) is 0 Å². The molecule has 0 saturated carbocycles. The molecule has 0 aromatic carbocycles. The van der Waals surface area contributed by atoms with Gasteiger partial charge in [-0.15, -0.1) is 0 Å². The van der Waals surface area contributed by atoms with Gasteiger partial charge in [0.1, 0.15) is 6.26 Å². The van der Waals surface area contributed by atoms with Crippen molar-refractivity contribution >= 4 is 12.2 Å². The molecule has 0 unspecified atom stereocenters. The fraction of sp³-hybridized carbons (Fsp3) is 0.500. The van der Waals surface area contributed by atoms with Gasteiger partial charge in [-0.2, -0.15) is 0 Å². The SMILES string of the molecule is CC.OCc1coc(=S)[nH]1. The van der Waals surface area contributed by atoms with Crippen LogP contribution in [0.4, 0.5) is 0 Å². The van der Waals surface area contributed by atoms with E-state index in [2.05, 4.69) is 21.6 Å². The summed E-state index contributed by atoms with van der Waals surface area (Å²) in [5, 5.41) is 8.41. The zero-order valence-corrected chi connectivity index (χ0v) is 6.86. The molecule has 1 aromatic rings. The number of rotatable bonds is 1. The average molecular weight is 161 g/mol. The summed E-state index contributed by atoms with van der Waals surface area (Å²) in [6.45, 7) is 3.94. The molecule has 1 heterocycles. The largest absolute Gasteiger partial charge is 0.438 e. The molecule has 3 nitrogen and oxygen atoms in total. The number of hydrogen-bond donors (Lipinski definition) is 2. The van der Waals surface area contributed by atoms with Crippen molar-refractivity contribution in [3.05, 3.63) is 16.8 Å². The molecular weight excluding hydrogens is 150 g/mol. The second-order valence-corrected chi connectivity index (χ2v) is 1.70. The van der Waals surface area contributed by atoms with Gasteiger partial charge in [-0.25, -0.2) is 0 Å². The third kappa shape index (κ3) is 2.80. The number of hydrogen-bond acceptors (Lipinski definition) is 3. The minimum atomic E-state index is -0.0554. The number of aliphatic hydroxyl groups excluding tert-OH is 1. The minimum absolute atomic E-state index is 0.0554. The molecule has 10 heavy (non-hydrogen) atoms. The highest BCUT2D eigenvalue weighted by Gasteiger charge is 1.88. The minimum Gasteiger partial charge on any atom is -0.438 e. The van der Waals surface area contributed by atoms with Crippen LogP contribution >= 0.6 is 12.2 Å². The summed E-state index contributed by atoms with van der Waals surface area (Å²) in [5.41, 5.74) is 0.606. The number of nitrogens with one attached hydrogen (secondary N) is 1. The molecule has 58 valence electrons. The number of aromatic nitrogens is 1. The summed E-state index contributed by atoms with van der Waals surface area (Å²) in [6.07, 6.45) is 1.39. The van der Waals surface area contributed by atoms with Crippen LogP contribution < -0.4 is 0 Å². The fourth-order valence-corrected chi connectivity index (χ4v) is 0.571. The van der Waals surface area contributed by atoms with E-state index in [1.54, 1.807) is 0 Å². The highest BCUT2D eigenvalue weighted by atomic mass is 32.1. The third-order valence-corrected chi connectivity index (χ3v) is 0.939. The Morgan fingerprint density at radius 3 is 2.50 bits per heavy atom. The van der Waals surface area contributed by atoms with E-state index < -0.39 is 0 Å². The topological polar surface area (TPSA) is 49.2 Å². The first-order chi connectivity index (χ1) is 4.83. The van der Waals surface area contributed by atoms with Gasteiger partial charge in [0.25, 0.3) is 4.84 Å². The van der Waals surface area contributed by atoms with Crippen LogP contribution in [0.3, 0.4) is 0 Å². The summed E-state index contributed by atoms with van der Waals surface area (Å²) in [5.74, 6) is 0. The van der Waals surface area contributed by atoms with Crippen molar-refractivity contribution in [1.29, 1.82) is 0 Å². The number of oxazole rings is 1. The molecule has 0 saturated heterocycles. The van der Waals surface area contributed by atoms with E-state index in [9.17, 15) is 0 Å². The number of H-pyrrole nitrogens is 1. The molecule has 0 aliphatic carbocycles. The Morgan fingerprint density at radius 1 is 1.70 bits per heavy atom. The summed E-state index contributed by atoms with van der Waals surface area (Å²) in [6, 6.07) is 0. The quantitative estimate of drug-likeness (QED) is 0.618. The molecule has 0 aliphatic heterocycles. The van der Waals surface area contributed by atoms with Gasteiger partial charge in [0.2, 0.25) is 0 Å². The first-order valence-electron chi connectivity index (χ1n) is 3.10. The van der Waals surface area contributed by atoms with Crippen molar-refractivity contribution < 1.29 is 9.52 Å². The number of aliphatic hydroxyl groups is 1. The van der Waals surface area contributed by atoms with Crippen LogP contribution in [0.2, 0.25) is 0 Å². The fourth-order valence-electron chi connectivity index (χ4n) is 0.391. The molecule has 0 atom stereocenters. The first-order valence-corrected chi connectivity index (χ1v) is 3.51. The van der Waals surface area contributed by atoms with E-state index in [-0.39, 0.29) is 6.61 Å². The van der Waals surface area contributed by atoms with E-state index in [4.69, 9.17) is 5.11 Å². The normalized spacial score (nSPS) is 8.30. The van der Waals surface area contributed by atoms with Crippen molar-refractivity contribution in [2.24, 2.45) is 0 Å². The summed E-state index contributed by atoms with van der Waals surface area (Å²) >= 11 is 4.57. The predicted octanol–water partition coefficient (Wildman–Crippen LogP) is 1.86. The van der Waals surface area contributed by atoms with Crippen LogP contribution in [0, 0.1) is 4.84 Å². The van der Waals surface area contributed by atoms with Crippen molar-refractivity contribution in [3.63, 3.8) is 0 Å². The maximum absolute atomic E-state index is 8.41. The maximum atomic E-state index is 8.41. The van der Waals surface area contributed by atoms with Gasteiger partial charge in [-0.1, -0.05) is 13.8 Å². The van der Waals surface area contributed by atoms with Crippen LogP contribution in [0.15, 0.2) is 10.7 Å². The van der Waals surface area contributed by atoms with E-state index in [1.807, 2.05) is 13.8 Å². The molecule has 0 aliphatic rings.